The maximum absolute atomic E-state index is 13.6. The van der Waals surface area contributed by atoms with Gasteiger partial charge in [0, 0.05) is 28.2 Å². The maximum Gasteiger partial charge on any atom is 0.328 e. The summed E-state index contributed by atoms with van der Waals surface area (Å²) in [4.78, 5) is 41.6. The average molecular weight is 539 g/mol. The summed E-state index contributed by atoms with van der Waals surface area (Å²) in [7, 11) is 1.58. The molecule has 1 unspecified atom stereocenters. The molecule has 0 aliphatic carbocycles. The molecule has 1 aromatic heterocycles. The van der Waals surface area contributed by atoms with Crippen molar-refractivity contribution in [3.63, 3.8) is 0 Å². The van der Waals surface area contributed by atoms with E-state index in [1.165, 1.54) is 0 Å². The molecule has 0 radical (unpaired) electrons. The van der Waals surface area contributed by atoms with E-state index in [4.69, 9.17) is 21.1 Å². The van der Waals surface area contributed by atoms with E-state index in [2.05, 4.69) is 20.8 Å². The summed E-state index contributed by atoms with van der Waals surface area (Å²) in [6.45, 7) is 8.96. The summed E-state index contributed by atoms with van der Waals surface area (Å²) in [6.07, 6.45) is 2.14. The largest absolute Gasteiger partial charge is 0.497 e. The van der Waals surface area contributed by atoms with E-state index in [9.17, 15) is 14.4 Å². The second kappa shape index (κ2) is 11.2. The number of aromatic nitrogens is 1. The Labute approximate surface area is 228 Å². The van der Waals surface area contributed by atoms with Crippen molar-refractivity contribution in [3.05, 3.63) is 64.3 Å². The molecule has 3 aromatic rings. The molecule has 0 N–H and O–H groups in total. The van der Waals surface area contributed by atoms with Gasteiger partial charge in [0.1, 0.15) is 11.8 Å². The molecular weight excluding hydrogens is 504 g/mol. The van der Waals surface area contributed by atoms with Crippen LogP contribution in [0.2, 0.25) is 5.02 Å². The van der Waals surface area contributed by atoms with Gasteiger partial charge < -0.3 is 14.4 Å². The minimum Gasteiger partial charge on any atom is -0.497 e. The van der Waals surface area contributed by atoms with Crippen molar-refractivity contribution < 1.29 is 23.9 Å². The average Bonchev–Trinajstić information content (AvgIpc) is 3.46. The second-order valence-corrected chi connectivity index (χ2v) is 11.4. The van der Waals surface area contributed by atoms with E-state index in [0.29, 0.717) is 47.1 Å². The summed E-state index contributed by atoms with van der Waals surface area (Å²) >= 11 is 6.02. The van der Waals surface area contributed by atoms with Crippen LogP contribution >= 0.6 is 11.6 Å². The molecule has 202 valence electrons. The van der Waals surface area contributed by atoms with Crippen molar-refractivity contribution in [2.24, 2.45) is 5.41 Å². The Morgan fingerprint density at radius 2 is 1.79 bits per heavy atom. The molecule has 1 amide bonds. The van der Waals surface area contributed by atoms with Gasteiger partial charge in [-0.05, 0) is 79.6 Å². The number of fused-ring (bicyclic) bond motifs is 1. The highest BCUT2D eigenvalue weighted by Gasteiger charge is 2.36. The van der Waals surface area contributed by atoms with Gasteiger partial charge in [-0.1, -0.05) is 32.4 Å². The van der Waals surface area contributed by atoms with E-state index in [-0.39, 0.29) is 29.6 Å². The summed E-state index contributed by atoms with van der Waals surface area (Å²) in [6, 6.07) is 11.6. The quantitative estimate of drug-likeness (QED) is 0.355. The number of esters is 1. The van der Waals surface area contributed by atoms with E-state index in [0.717, 1.165) is 23.8 Å². The van der Waals surface area contributed by atoms with Crippen molar-refractivity contribution in [1.82, 2.24) is 9.47 Å². The molecule has 0 saturated carbocycles. The normalized spacial score (nSPS) is 15.6. The predicted octanol–water partition coefficient (Wildman–Crippen LogP) is 5.81. The molecular formula is C30H35ClN2O5. The number of halogens is 1. The van der Waals surface area contributed by atoms with Crippen LogP contribution in [0.5, 0.6) is 5.75 Å². The highest BCUT2D eigenvalue weighted by atomic mass is 35.5. The zero-order valence-electron chi connectivity index (χ0n) is 22.7. The first kappa shape index (κ1) is 27.7. The van der Waals surface area contributed by atoms with Crippen molar-refractivity contribution in [2.75, 3.05) is 20.3 Å². The number of carbonyl (C=O) groups excluding carboxylic acids is 3. The van der Waals surface area contributed by atoms with E-state index >= 15 is 0 Å². The SMILES string of the molecule is COc1ccc2c(c1)c(CC(=O)N1CCCC1C(=O)OCCC(C)(C)C)c(C)n2C(=O)c1ccc(Cl)cc1. The summed E-state index contributed by atoms with van der Waals surface area (Å²) in [5.41, 5.74) is 2.64. The lowest BCUT2D eigenvalue weighted by molar-refractivity contribution is -0.153. The molecule has 1 aliphatic rings. The molecule has 4 rings (SSSR count). The van der Waals surface area contributed by atoms with Crippen LogP contribution in [-0.4, -0.2) is 53.6 Å². The van der Waals surface area contributed by atoms with Crippen LogP contribution in [0.4, 0.5) is 0 Å². The van der Waals surface area contributed by atoms with Crippen molar-refractivity contribution in [2.45, 2.75) is 59.4 Å². The molecule has 7 nitrogen and oxygen atoms in total. The fourth-order valence-corrected chi connectivity index (χ4v) is 5.04. The lowest BCUT2D eigenvalue weighted by Gasteiger charge is -2.24. The number of methoxy groups -OCH3 is 1. The van der Waals surface area contributed by atoms with Gasteiger partial charge in [0.2, 0.25) is 5.91 Å². The maximum atomic E-state index is 13.6. The number of rotatable bonds is 7. The Hall–Kier alpha value is -3.32. The highest BCUT2D eigenvalue weighted by molar-refractivity contribution is 6.30. The van der Waals surface area contributed by atoms with Crippen molar-refractivity contribution in [3.8, 4) is 5.75 Å². The number of nitrogens with zero attached hydrogens (tertiary/aromatic N) is 2. The first-order chi connectivity index (χ1) is 18.0. The topological polar surface area (TPSA) is 77.8 Å². The van der Waals surface area contributed by atoms with Gasteiger partial charge in [0.25, 0.3) is 5.91 Å². The minimum atomic E-state index is -0.582. The predicted molar refractivity (Wildman–Crippen MR) is 148 cm³/mol. The fourth-order valence-electron chi connectivity index (χ4n) is 4.91. The Morgan fingerprint density at radius 3 is 2.45 bits per heavy atom. The first-order valence-electron chi connectivity index (χ1n) is 12.9. The van der Waals surface area contributed by atoms with Gasteiger partial charge in [-0.25, -0.2) is 4.79 Å². The van der Waals surface area contributed by atoms with Crippen LogP contribution in [0.25, 0.3) is 10.9 Å². The number of hydrogen-bond acceptors (Lipinski definition) is 5. The summed E-state index contributed by atoms with van der Waals surface area (Å²) in [5.74, 6) is -0.0960. The molecule has 1 fully saturated rings. The van der Waals surface area contributed by atoms with Crippen LogP contribution in [0.1, 0.15) is 61.6 Å². The third kappa shape index (κ3) is 5.88. The number of ether oxygens (including phenoxy) is 2. The highest BCUT2D eigenvalue weighted by Crippen LogP contribution is 2.32. The zero-order chi connectivity index (χ0) is 27.6. The van der Waals surface area contributed by atoms with E-state index in [1.54, 1.807) is 46.9 Å². The Balaban J connectivity index is 1.63. The second-order valence-electron chi connectivity index (χ2n) is 11.0. The van der Waals surface area contributed by atoms with Crippen LogP contribution in [-0.2, 0) is 20.7 Å². The third-order valence-corrected chi connectivity index (χ3v) is 7.36. The molecule has 1 atom stereocenters. The summed E-state index contributed by atoms with van der Waals surface area (Å²) < 4.78 is 12.6. The number of hydrogen-bond donors (Lipinski definition) is 0. The van der Waals surface area contributed by atoms with Crippen LogP contribution in [0, 0.1) is 12.3 Å². The fraction of sp³-hybridized carbons (Fsp3) is 0.433. The number of likely N-dealkylation sites (tertiary alicyclic amines) is 1. The van der Waals surface area contributed by atoms with E-state index in [1.807, 2.05) is 19.1 Å². The smallest absolute Gasteiger partial charge is 0.328 e. The van der Waals surface area contributed by atoms with Crippen LogP contribution in [0.3, 0.4) is 0 Å². The monoisotopic (exact) mass is 538 g/mol. The molecule has 8 heteroatoms. The molecule has 1 aliphatic heterocycles. The van der Waals surface area contributed by atoms with Crippen molar-refractivity contribution in [1.29, 1.82) is 0 Å². The molecule has 1 saturated heterocycles. The molecule has 0 bridgehead atoms. The molecule has 2 heterocycles. The summed E-state index contributed by atoms with van der Waals surface area (Å²) in [5, 5.41) is 1.31. The Kier molecular flexibility index (Phi) is 8.16. The standard InChI is InChI=1S/C30H35ClN2O5/c1-19-23(18-27(34)32-15-6-7-26(32)29(36)38-16-14-30(2,3)4)24-17-22(37-5)12-13-25(24)33(19)28(35)20-8-10-21(31)11-9-20/h8-13,17,26H,6-7,14-16,18H2,1-5H3. The molecule has 38 heavy (non-hydrogen) atoms. The number of amides is 1. The van der Waals surface area contributed by atoms with E-state index < -0.39 is 6.04 Å². The molecule has 0 spiro atoms. The minimum absolute atomic E-state index is 0.0572. The van der Waals surface area contributed by atoms with Gasteiger partial charge >= 0.3 is 5.97 Å². The van der Waals surface area contributed by atoms with Gasteiger partial charge in [-0.2, -0.15) is 0 Å². The Morgan fingerprint density at radius 1 is 1.08 bits per heavy atom. The first-order valence-corrected chi connectivity index (χ1v) is 13.3. The number of carbonyl (C=O) groups is 3. The van der Waals surface area contributed by atoms with Gasteiger partial charge in [-0.15, -0.1) is 0 Å². The lowest BCUT2D eigenvalue weighted by atomic mass is 9.93. The van der Waals surface area contributed by atoms with Crippen molar-refractivity contribution >= 4 is 40.3 Å². The van der Waals surface area contributed by atoms with Crippen LogP contribution < -0.4 is 4.74 Å². The Bertz CT molecular complexity index is 1350. The molecule has 2 aromatic carbocycles. The third-order valence-electron chi connectivity index (χ3n) is 7.11. The van der Waals surface area contributed by atoms with Gasteiger partial charge in [0.05, 0.1) is 25.7 Å². The lowest BCUT2D eigenvalue weighted by Crippen LogP contribution is -2.42. The van der Waals surface area contributed by atoms with Crippen LogP contribution in [0.15, 0.2) is 42.5 Å². The number of benzene rings is 2. The van der Waals surface area contributed by atoms with Gasteiger partial charge in [-0.3, -0.25) is 14.2 Å². The van der Waals surface area contributed by atoms with Gasteiger partial charge in [0.15, 0.2) is 0 Å². The zero-order valence-corrected chi connectivity index (χ0v) is 23.4.